The first-order valence-electron chi connectivity index (χ1n) is 17.0. The first-order chi connectivity index (χ1) is 24.8. The molecule has 0 N–H and O–H groups in total. The molecular formula is C47H28N2S. The molecule has 3 aromatic heterocycles. The van der Waals surface area contributed by atoms with Crippen molar-refractivity contribution in [1.82, 2.24) is 9.55 Å². The molecule has 0 bridgehead atoms. The molecule has 11 aromatic rings. The van der Waals surface area contributed by atoms with Gasteiger partial charge in [0.2, 0.25) is 0 Å². The number of pyridine rings is 1. The van der Waals surface area contributed by atoms with Crippen molar-refractivity contribution >= 4 is 85.6 Å². The van der Waals surface area contributed by atoms with Crippen LogP contribution in [0.4, 0.5) is 0 Å². The van der Waals surface area contributed by atoms with E-state index >= 15 is 0 Å². The average molecular weight is 653 g/mol. The van der Waals surface area contributed by atoms with Gasteiger partial charge in [0.25, 0.3) is 0 Å². The van der Waals surface area contributed by atoms with E-state index in [1.165, 1.54) is 79.9 Å². The monoisotopic (exact) mass is 652 g/mol. The number of nitrogens with zero attached hydrogens (tertiary/aromatic N) is 2. The van der Waals surface area contributed by atoms with Crippen molar-refractivity contribution in [1.29, 1.82) is 0 Å². The lowest BCUT2D eigenvalue weighted by Crippen LogP contribution is -1.94. The van der Waals surface area contributed by atoms with Crippen LogP contribution in [0.3, 0.4) is 0 Å². The minimum absolute atomic E-state index is 1.11. The molecule has 0 fully saturated rings. The number of hydrogen-bond acceptors (Lipinski definition) is 2. The fourth-order valence-electron chi connectivity index (χ4n) is 8.18. The predicted molar refractivity (Wildman–Crippen MR) is 215 cm³/mol. The lowest BCUT2D eigenvalue weighted by molar-refractivity contribution is 1.19. The zero-order chi connectivity index (χ0) is 32.8. The van der Waals surface area contributed by atoms with E-state index in [1.54, 1.807) is 0 Å². The van der Waals surface area contributed by atoms with Crippen molar-refractivity contribution in [3.63, 3.8) is 0 Å². The van der Waals surface area contributed by atoms with E-state index in [2.05, 4.69) is 162 Å². The lowest BCUT2D eigenvalue weighted by Gasteiger charge is -2.14. The van der Waals surface area contributed by atoms with Crippen molar-refractivity contribution in [2.24, 2.45) is 0 Å². The highest BCUT2D eigenvalue weighted by molar-refractivity contribution is 7.26. The maximum atomic E-state index is 4.77. The van der Waals surface area contributed by atoms with E-state index < -0.39 is 0 Å². The number of rotatable bonds is 3. The van der Waals surface area contributed by atoms with Gasteiger partial charge in [0, 0.05) is 65.7 Å². The molecule has 2 nitrogen and oxygen atoms in total. The number of aromatic nitrogens is 2. The molecule has 0 aliphatic carbocycles. The first kappa shape index (κ1) is 27.6. The standard InChI is InChI=1S/C47H28N2S/c1-2-12-36-34(10-1)35-11-3-4-13-37(35)42-26-32(21-22-38(36)42)49-44-18-7-5-14-39(44)43-25-29(20-23-45(43)49)30-24-31(28-48-27-30)33-16-9-17-41-40-15-6-8-19-46(40)50-47(33)41/h1-28H. The Bertz CT molecular complexity index is 3130. The Morgan fingerprint density at radius 3 is 1.80 bits per heavy atom. The number of fused-ring (bicyclic) bond motifs is 12. The number of thiophene rings is 1. The zero-order valence-electron chi connectivity index (χ0n) is 27.0. The molecule has 0 saturated heterocycles. The van der Waals surface area contributed by atoms with Crippen LogP contribution in [-0.4, -0.2) is 9.55 Å². The summed E-state index contributed by atoms with van der Waals surface area (Å²) < 4.78 is 5.05. The van der Waals surface area contributed by atoms with Gasteiger partial charge in [-0.05, 0) is 80.3 Å². The number of para-hydroxylation sites is 1. The minimum atomic E-state index is 1.11. The quantitative estimate of drug-likeness (QED) is 0.174. The van der Waals surface area contributed by atoms with Crippen LogP contribution in [0.2, 0.25) is 0 Å². The molecule has 0 unspecified atom stereocenters. The summed E-state index contributed by atoms with van der Waals surface area (Å²) in [5.41, 5.74) is 8.20. The molecule has 0 radical (unpaired) electrons. The lowest BCUT2D eigenvalue weighted by atomic mass is 9.94. The van der Waals surface area contributed by atoms with E-state index in [-0.39, 0.29) is 0 Å². The van der Waals surface area contributed by atoms with Gasteiger partial charge in [-0.25, -0.2) is 0 Å². The minimum Gasteiger partial charge on any atom is -0.309 e. The van der Waals surface area contributed by atoms with Gasteiger partial charge in [-0.15, -0.1) is 11.3 Å². The highest BCUT2D eigenvalue weighted by atomic mass is 32.1. The zero-order valence-corrected chi connectivity index (χ0v) is 27.8. The van der Waals surface area contributed by atoms with E-state index in [4.69, 9.17) is 4.98 Å². The Labute approximate surface area is 292 Å². The van der Waals surface area contributed by atoms with Gasteiger partial charge in [0.05, 0.1) is 11.0 Å². The third kappa shape index (κ3) is 3.98. The van der Waals surface area contributed by atoms with E-state index in [1.807, 2.05) is 23.7 Å². The maximum absolute atomic E-state index is 4.77. The molecule has 0 amide bonds. The molecular weight excluding hydrogens is 625 g/mol. The Balaban J connectivity index is 1.09. The Kier molecular flexibility index (Phi) is 5.86. The van der Waals surface area contributed by atoms with Crippen LogP contribution in [-0.2, 0) is 0 Å². The second-order valence-electron chi connectivity index (χ2n) is 13.1. The molecule has 232 valence electrons. The van der Waals surface area contributed by atoms with Gasteiger partial charge in [0.1, 0.15) is 0 Å². The molecule has 0 saturated carbocycles. The molecule has 3 heterocycles. The van der Waals surface area contributed by atoms with E-state index in [0.717, 1.165) is 22.4 Å². The molecule has 11 rings (SSSR count). The fraction of sp³-hybridized carbons (Fsp3) is 0. The second-order valence-corrected chi connectivity index (χ2v) is 14.2. The normalized spacial score (nSPS) is 12.0. The summed E-state index contributed by atoms with van der Waals surface area (Å²) in [5, 5.41) is 12.8. The fourth-order valence-corrected chi connectivity index (χ4v) is 9.42. The topological polar surface area (TPSA) is 17.8 Å². The van der Waals surface area contributed by atoms with Gasteiger partial charge in [0.15, 0.2) is 0 Å². The van der Waals surface area contributed by atoms with E-state index in [0.29, 0.717) is 0 Å². The summed E-state index contributed by atoms with van der Waals surface area (Å²) in [5.74, 6) is 0. The van der Waals surface area contributed by atoms with Gasteiger partial charge in [-0.2, -0.15) is 0 Å². The Morgan fingerprint density at radius 2 is 1.00 bits per heavy atom. The number of benzene rings is 8. The molecule has 50 heavy (non-hydrogen) atoms. The smallest absolute Gasteiger partial charge is 0.0541 e. The summed E-state index contributed by atoms with van der Waals surface area (Å²) in [6, 6.07) is 57.8. The van der Waals surface area contributed by atoms with Gasteiger partial charge in [-0.1, -0.05) is 115 Å². The SMILES string of the molecule is c1ccc2c(c1)sc1c(-c3cncc(-c4ccc5c(c4)c4ccccc4n5-c4ccc5c6ccccc6c6ccccc6c5c4)c3)cccc12. The van der Waals surface area contributed by atoms with Crippen LogP contribution in [0, 0.1) is 0 Å². The summed E-state index contributed by atoms with van der Waals surface area (Å²) in [7, 11) is 0. The molecule has 0 atom stereocenters. The molecule has 3 heteroatoms. The van der Waals surface area contributed by atoms with Crippen molar-refractivity contribution < 1.29 is 0 Å². The maximum Gasteiger partial charge on any atom is 0.0541 e. The molecule has 8 aromatic carbocycles. The average Bonchev–Trinajstić information content (AvgIpc) is 3.73. The summed E-state index contributed by atoms with van der Waals surface area (Å²) >= 11 is 1.86. The van der Waals surface area contributed by atoms with Crippen LogP contribution in [0.15, 0.2) is 170 Å². The first-order valence-corrected chi connectivity index (χ1v) is 17.8. The van der Waals surface area contributed by atoms with Crippen LogP contribution in [0.1, 0.15) is 0 Å². The van der Waals surface area contributed by atoms with E-state index in [9.17, 15) is 0 Å². The highest BCUT2D eigenvalue weighted by Crippen LogP contribution is 2.42. The van der Waals surface area contributed by atoms with Crippen LogP contribution in [0.5, 0.6) is 0 Å². The Hall–Kier alpha value is -6.29. The highest BCUT2D eigenvalue weighted by Gasteiger charge is 2.16. The summed E-state index contributed by atoms with van der Waals surface area (Å²) in [6.07, 6.45) is 3.99. The molecule has 0 aliphatic heterocycles. The van der Waals surface area contributed by atoms with Crippen molar-refractivity contribution in [3.05, 3.63) is 170 Å². The van der Waals surface area contributed by atoms with Gasteiger partial charge < -0.3 is 4.57 Å². The molecule has 0 spiro atoms. The van der Waals surface area contributed by atoms with Gasteiger partial charge >= 0.3 is 0 Å². The molecule has 0 aliphatic rings. The largest absolute Gasteiger partial charge is 0.309 e. The predicted octanol–water partition coefficient (Wildman–Crippen LogP) is 13.3. The van der Waals surface area contributed by atoms with Crippen molar-refractivity contribution in [2.45, 2.75) is 0 Å². The second kappa shape index (κ2) is 10.6. The number of hydrogen-bond donors (Lipinski definition) is 0. The van der Waals surface area contributed by atoms with Crippen molar-refractivity contribution in [2.75, 3.05) is 0 Å². The van der Waals surface area contributed by atoms with Crippen molar-refractivity contribution in [3.8, 4) is 27.9 Å². The summed E-state index contributed by atoms with van der Waals surface area (Å²) in [6.45, 7) is 0. The van der Waals surface area contributed by atoms with Crippen LogP contribution >= 0.6 is 11.3 Å². The summed E-state index contributed by atoms with van der Waals surface area (Å²) in [4.78, 5) is 4.77. The third-order valence-corrected chi connectivity index (χ3v) is 11.7. The van der Waals surface area contributed by atoms with Crippen LogP contribution < -0.4 is 0 Å². The van der Waals surface area contributed by atoms with Gasteiger partial charge in [-0.3, -0.25) is 4.98 Å². The Morgan fingerprint density at radius 1 is 0.380 bits per heavy atom. The third-order valence-electron chi connectivity index (χ3n) is 10.4. The van der Waals surface area contributed by atoms with Crippen LogP contribution in [0.25, 0.3) is 102 Å².